The van der Waals surface area contributed by atoms with Gasteiger partial charge in [-0.2, -0.15) is 0 Å². The van der Waals surface area contributed by atoms with Crippen molar-refractivity contribution < 1.29 is 18.0 Å². The monoisotopic (exact) mass is 286 g/mol. The molecule has 98 valence electrons. The van der Waals surface area contributed by atoms with E-state index in [1.54, 1.807) is 0 Å². The maximum atomic E-state index is 13.3. The SMILES string of the molecule is O=C(Nc1cc(F)c(F)cc1F)c1ccncc1Cl. The van der Waals surface area contributed by atoms with Gasteiger partial charge in [-0.05, 0) is 6.07 Å². The average Bonchev–Trinajstić information content (AvgIpc) is 2.36. The quantitative estimate of drug-likeness (QED) is 0.860. The first-order valence-electron chi connectivity index (χ1n) is 5.04. The normalized spacial score (nSPS) is 10.3. The molecule has 19 heavy (non-hydrogen) atoms. The Labute approximate surface area is 111 Å². The van der Waals surface area contributed by atoms with Gasteiger partial charge in [-0.25, -0.2) is 13.2 Å². The molecule has 0 spiro atoms. The van der Waals surface area contributed by atoms with Crippen molar-refractivity contribution in [2.24, 2.45) is 0 Å². The molecule has 1 heterocycles. The molecule has 0 aliphatic carbocycles. The molecule has 1 aromatic carbocycles. The minimum atomic E-state index is -1.34. The summed E-state index contributed by atoms with van der Waals surface area (Å²) >= 11 is 5.73. The summed E-state index contributed by atoms with van der Waals surface area (Å²) in [5.74, 6) is -4.44. The van der Waals surface area contributed by atoms with Crippen LogP contribution in [0.5, 0.6) is 0 Å². The molecule has 0 saturated heterocycles. The lowest BCUT2D eigenvalue weighted by Gasteiger charge is -2.07. The molecule has 1 aromatic heterocycles. The molecule has 1 amide bonds. The van der Waals surface area contributed by atoms with Gasteiger partial charge >= 0.3 is 0 Å². The fourth-order valence-electron chi connectivity index (χ4n) is 1.37. The van der Waals surface area contributed by atoms with Crippen molar-refractivity contribution in [1.82, 2.24) is 4.98 Å². The van der Waals surface area contributed by atoms with E-state index in [1.807, 2.05) is 0 Å². The molecule has 0 radical (unpaired) electrons. The Morgan fingerprint density at radius 3 is 2.53 bits per heavy atom. The molecular weight excluding hydrogens is 281 g/mol. The summed E-state index contributed by atoms with van der Waals surface area (Å²) in [5, 5.41) is 2.16. The van der Waals surface area contributed by atoms with Gasteiger partial charge in [0.25, 0.3) is 5.91 Å². The van der Waals surface area contributed by atoms with E-state index in [1.165, 1.54) is 18.5 Å². The first kappa shape index (κ1) is 13.4. The maximum Gasteiger partial charge on any atom is 0.257 e. The highest BCUT2D eigenvalue weighted by Crippen LogP contribution is 2.20. The Morgan fingerprint density at radius 2 is 1.84 bits per heavy atom. The van der Waals surface area contributed by atoms with Crippen LogP contribution in [0.25, 0.3) is 0 Å². The van der Waals surface area contributed by atoms with E-state index >= 15 is 0 Å². The number of nitrogens with zero attached hydrogens (tertiary/aromatic N) is 1. The van der Waals surface area contributed by atoms with Crippen LogP contribution in [0.4, 0.5) is 18.9 Å². The smallest absolute Gasteiger partial charge is 0.257 e. The zero-order valence-corrected chi connectivity index (χ0v) is 10.0. The number of hydrogen-bond acceptors (Lipinski definition) is 2. The molecule has 0 bridgehead atoms. The van der Waals surface area contributed by atoms with Crippen LogP contribution < -0.4 is 5.32 Å². The molecule has 0 aliphatic rings. The predicted octanol–water partition coefficient (Wildman–Crippen LogP) is 3.40. The Kier molecular flexibility index (Phi) is 3.71. The largest absolute Gasteiger partial charge is 0.319 e. The van der Waals surface area contributed by atoms with E-state index in [-0.39, 0.29) is 10.6 Å². The molecule has 1 N–H and O–H groups in total. The molecule has 2 aromatic rings. The number of nitrogens with one attached hydrogen (secondary N) is 1. The predicted molar refractivity (Wildman–Crippen MR) is 63.5 cm³/mol. The number of aromatic nitrogens is 1. The third-order valence-corrected chi connectivity index (χ3v) is 2.58. The number of anilines is 1. The Hall–Kier alpha value is -2.08. The van der Waals surface area contributed by atoms with E-state index in [2.05, 4.69) is 10.3 Å². The van der Waals surface area contributed by atoms with Crippen molar-refractivity contribution in [3.8, 4) is 0 Å². The highest BCUT2D eigenvalue weighted by Gasteiger charge is 2.15. The fourth-order valence-corrected chi connectivity index (χ4v) is 1.57. The molecule has 0 saturated carbocycles. The van der Waals surface area contributed by atoms with E-state index in [9.17, 15) is 18.0 Å². The van der Waals surface area contributed by atoms with E-state index in [0.29, 0.717) is 12.1 Å². The number of pyridine rings is 1. The van der Waals surface area contributed by atoms with Crippen LogP contribution in [-0.2, 0) is 0 Å². The summed E-state index contributed by atoms with van der Waals surface area (Å²) < 4.78 is 39.0. The van der Waals surface area contributed by atoms with Crippen molar-refractivity contribution in [3.63, 3.8) is 0 Å². The zero-order valence-electron chi connectivity index (χ0n) is 9.25. The second-order valence-corrected chi connectivity index (χ2v) is 3.96. The Bertz CT molecular complexity index is 649. The minimum Gasteiger partial charge on any atom is -0.319 e. The van der Waals surface area contributed by atoms with Gasteiger partial charge in [0.15, 0.2) is 11.6 Å². The van der Waals surface area contributed by atoms with Gasteiger partial charge in [0, 0.05) is 24.5 Å². The summed E-state index contributed by atoms with van der Waals surface area (Å²) in [5.41, 5.74) is -0.433. The molecule has 0 aliphatic heterocycles. The van der Waals surface area contributed by atoms with Crippen molar-refractivity contribution >= 4 is 23.2 Å². The van der Waals surface area contributed by atoms with E-state index in [0.717, 1.165) is 0 Å². The topological polar surface area (TPSA) is 42.0 Å². The highest BCUT2D eigenvalue weighted by atomic mass is 35.5. The highest BCUT2D eigenvalue weighted by molar-refractivity contribution is 6.34. The second kappa shape index (κ2) is 5.27. The minimum absolute atomic E-state index is 0.0424. The van der Waals surface area contributed by atoms with Gasteiger partial charge in [-0.1, -0.05) is 11.6 Å². The maximum absolute atomic E-state index is 13.3. The van der Waals surface area contributed by atoms with Gasteiger partial charge in [-0.15, -0.1) is 0 Å². The van der Waals surface area contributed by atoms with Gasteiger partial charge in [0.1, 0.15) is 5.82 Å². The van der Waals surface area contributed by atoms with Crippen LogP contribution in [-0.4, -0.2) is 10.9 Å². The molecule has 2 rings (SSSR count). The van der Waals surface area contributed by atoms with Gasteiger partial charge in [-0.3, -0.25) is 9.78 Å². The number of rotatable bonds is 2. The molecule has 7 heteroatoms. The number of benzene rings is 1. The van der Waals surface area contributed by atoms with Crippen molar-refractivity contribution in [2.45, 2.75) is 0 Å². The Morgan fingerprint density at radius 1 is 1.16 bits per heavy atom. The van der Waals surface area contributed by atoms with Crippen LogP contribution >= 0.6 is 11.6 Å². The standard InChI is InChI=1S/C12H6ClF3N2O/c13-7-5-17-2-1-6(7)12(19)18-11-4-9(15)8(14)3-10(11)16/h1-5H,(H,18,19). The summed E-state index contributed by atoms with van der Waals surface area (Å²) in [6, 6.07) is 2.21. The average molecular weight is 287 g/mol. The Balaban J connectivity index is 2.30. The third-order valence-electron chi connectivity index (χ3n) is 2.28. The number of carbonyl (C=O) groups is 1. The first-order valence-corrected chi connectivity index (χ1v) is 5.42. The van der Waals surface area contributed by atoms with E-state index < -0.39 is 29.0 Å². The molecule has 3 nitrogen and oxygen atoms in total. The van der Waals surface area contributed by atoms with Gasteiger partial charge < -0.3 is 5.32 Å². The molecule has 0 atom stereocenters. The number of amides is 1. The lowest BCUT2D eigenvalue weighted by molar-refractivity contribution is 0.102. The summed E-state index contributed by atoms with van der Waals surface area (Å²) in [7, 11) is 0. The van der Waals surface area contributed by atoms with Crippen LogP contribution in [0, 0.1) is 17.5 Å². The number of hydrogen-bond donors (Lipinski definition) is 1. The van der Waals surface area contributed by atoms with Crippen molar-refractivity contribution in [2.75, 3.05) is 5.32 Å². The summed E-state index contributed by atoms with van der Waals surface area (Å²) in [6.07, 6.45) is 2.56. The lowest BCUT2D eigenvalue weighted by atomic mass is 10.2. The molecule has 0 unspecified atom stereocenters. The third kappa shape index (κ3) is 2.85. The summed E-state index contributed by atoms with van der Waals surface area (Å²) in [6.45, 7) is 0. The zero-order chi connectivity index (χ0) is 14.0. The van der Waals surface area contributed by atoms with Crippen molar-refractivity contribution in [1.29, 1.82) is 0 Å². The second-order valence-electron chi connectivity index (χ2n) is 3.56. The number of halogens is 4. The molecular formula is C12H6ClF3N2O. The summed E-state index contributed by atoms with van der Waals surface area (Å²) in [4.78, 5) is 15.5. The fraction of sp³-hybridized carbons (Fsp3) is 0. The number of carbonyl (C=O) groups excluding carboxylic acids is 1. The van der Waals surface area contributed by atoms with Crippen LogP contribution in [0.2, 0.25) is 5.02 Å². The van der Waals surface area contributed by atoms with Crippen LogP contribution in [0.3, 0.4) is 0 Å². The van der Waals surface area contributed by atoms with Crippen LogP contribution in [0.15, 0.2) is 30.6 Å². The van der Waals surface area contributed by atoms with Gasteiger partial charge in [0.05, 0.1) is 16.3 Å². The van der Waals surface area contributed by atoms with Gasteiger partial charge in [0.2, 0.25) is 0 Å². The van der Waals surface area contributed by atoms with E-state index in [4.69, 9.17) is 11.6 Å². The first-order chi connectivity index (χ1) is 8.99. The molecule has 0 fully saturated rings. The van der Waals surface area contributed by atoms with Crippen molar-refractivity contribution in [3.05, 3.63) is 58.6 Å². The lowest BCUT2D eigenvalue weighted by Crippen LogP contribution is -2.14. The van der Waals surface area contributed by atoms with Crippen LogP contribution in [0.1, 0.15) is 10.4 Å².